The molecule has 2 aromatic rings. The third-order valence-electron chi connectivity index (χ3n) is 4.37. The molecule has 3 heterocycles. The predicted octanol–water partition coefficient (Wildman–Crippen LogP) is 2.89. The molecular weight excluding hydrogens is 320 g/mol. The number of nitrogens with one attached hydrogen (secondary N) is 1. The normalized spacial score (nSPS) is 18.1. The Labute approximate surface area is 147 Å². The summed E-state index contributed by atoms with van der Waals surface area (Å²) in [6.07, 6.45) is 7.49. The standard InChI is InChI=1S/C18H24N4OS/c1-2-17-21-12-16(24-17)18(23)22(13-14-6-3-4-10-20-14)15-7-5-9-19-11-8-15/h3-4,6,10,12,15,19H,2,5,7-9,11,13H2,1H3/t15-/m0/s1. The molecule has 2 aromatic heterocycles. The third kappa shape index (κ3) is 4.19. The Morgan fingerprint density at radius 3 is 3.00 bits per heavy atom. The van der Waals surface area contributed by atoms with E-state index in [9.17, 15) is 4.79 Å². The van der Waals surface area contributed by atoms with Gasteiger partial charge in [-0.25, -0.2) is 4.98 Å². The fourth-order valence-corrected chi connectivity index (χ4v) is 3.87. The minimum Gasteiger partial charge on any atom is -0.329 e. The second-order valence-electron chi connectivity index (χ2n) is 6.06. The van der Waals surface area contributed by atoms with Gasteiger partial charge in [-0.15, -0.1) is 11.3 Å². The highest BCUT2D eigenvalue weighted by atomic mass is 32.1. The van der Waals surface area contributed by atoms with E-state index in [0.717, 1.165) is 54.4 Å². The summed E-state index contributed by atoms with van der Waals surface area (Å²) >= 11 is 1.51. The van der Waals surface area contributed by atoms with Gasteiger partial charge in [-0.3, -0.25) is 9.78 Å². The number of carbonyl (C=O) groups is 1. The fraction of sp³-hybridized carbons (Fsp3) is 0.500. The summed E-state index contributed by atoms with van der Waals surface area (Å²) < 4.78 is 0. The van der Waals surface area contributed by atoms with Gasteiger partial charge in [0.1, 0.15) is 4.88 Å². The molecule has 6 heteroatoms. The molecule has 1 amide bonds. The zero-order valence-electron chi connectivity index (χ0n) is 14.1. The summed E-state index contributed by atoms with van der Waals surface area (Å²) in [5.74, 6) is 0.0877. The van der Waals surface area contributed by atoms with Gasteiger partial charge in [-0.1, -0.05) is 13.0 Å². The topological polar surface area (TPSA) is 58.1 Å². The van der Waals surface area contributed by atoms with Crippen LogP contribution in [-0.2, 0) is 13.0 Å². The number of carbonyl (C=O) groups excluding carboxylic acids is 1. The van der Waals surface area contributed by atoms with Gasteiger partial charge in [0.25, 0.3) is 5.91 Å². The van der Waals surface area contributed by atoms with Crippen LogP contribution in [0.3, 0.4) is 0 Å². The molecule has 0 unspecified atom stereocenters. The number of amides is 1. The molecule has 1 fully saturated rings. The molecule has 24 heavy (non-hydrogen) atoms. The minimum atomic E-state index is 0.0877. The molecule has 0 aromatic carbocycles. The minimum absolute atomic E-state index is 0.0877. The first kappa shape index (κ1) is 17.0. The molecule has 0 aliphatic carbocycles. The van der Waals surface area contributed by atoms with Crippen LogP contribution in [0.15, 0.2) is 30.6 Å². The number of pyridine rings is 1. The van der Waals surface area contributed by atoms with Crippen LogP contribution in [0.1, 0.15) is 46.6 Å². The zero-order chi connectivity index (χ0) is 16.8. The molecule has 0 saturated carbocycles. The summed E-state index contributed by atoms with van der Waals surface area (Å²) in [6, 6.07) is 6.12. The lowest BCUT2D eigenvalue weighted by Gasteiger charge is -2.30. The third-order valence-corrected chi connectivity index (χ3v) is 5.50. The van der Waals surface area contributed by atoms with Gasteiger partial charge in [0, 0.05) is 12.2 Å². The molecular formula is C18H24N4OS. The van der Waals surface area contributed by atoms with Gasteiger partial charge >= 0.3 is 0 Å². The number of aromatic nitrogens is 2. The molecule has 0 spiro atoms. The van der Waals surface area contributed by atoms with Crippen LogP contribution < -0.4 is 5.32 Å². The Hall–Kier alpha value is -1.79. The summed E-state index contributed by atoms with van der Waals surface area (Å²) in [5, 5.41) is 4.44. The number of thiazole rings is 1. The number of hydrogen-bond acceptors (Lipinski definition) is 5. The highest BCUT2D eigenvalue weighted by Crippen LogP contribution is 2.22. The van der Waals surface area contributed by atoms with Gasteiger partial charge in [0.15, 0.2) is 0 Å². The van der Waals surface area contributed by atoms with Crippen LogP contribution in [0.5, 0.6) is 0 Å². The maximum atomic E-state index is 13.1. The van der Waals surface area contributed by atoms with Crippen LogP contribution in [0.2, 0.25) is 0 Å². The van der Waals surface area contributed by atoms with Crippen molar-refractivity contribution in [2.75, 3.05) is 13.1 Å². The smallest absolute Gasteiger partial charge is 0.266 e. The maximum absolute atomic E-state index is 13.1. The maximum Gasteiger partial charge on any atom is 0.266 e. The monoisotopic (exact) mass is 344 g/mol. The summed E-state index contributed by atoms with van der Waals surface area (Å²) in [6.45, 7) is 4.61. The largest absolute Gasteiger partial charge is 0.329 e. The van der Waals surface area contributed by atoms with E-state index >= 15 is 0 Å². The van der Waals surface area contributed by atoms with E-state index in [-0.39, 0.29) is 11.9 Å². The van der Waals surface area contributed by atoms with E-state index in [1.54, 1.807) is 12.4 Å². The Morgan fingerprint density at radius 1 is 1.33 bits per heavy atom. The molecule has 1 atom stereocenters. The average molecular weight is 344 g/mol. The van der Waals surface area contributed by atoms with Gasteiger partial charge < -0.3 is 10.2 Å². The van der Waals surface area contributed by atoms with Crippen molar-refractivity contribution in [1.29, 1.82) is 0 Å². The van der Waals surface area contributed by atoms with E-state index in [1.165, 1.54) is 11.3 Å². The van der Waals surface area contributed by atoms with Crippen molar-refractivity contribution in [3.63, 3.8) is 0 Å². The second kappa shape index (κ2) is 8.35. The first-order valence-electron chi connectivity index (χ1n) is 8.64. The van der Waals surface area contributed by atoms with Crippen molar-refractivity contribution in [1.82, 2.24) is 20.2 Å². The Bertz CT molecular complexity index is 650. The molecule has 3 rings (SSSR count). The van der Waals surface area contributed by atoms with E-state index in [1.807, 2.05) is 23.1 Å². The van der Waals surface area contributed by atoms with Crippen LogP contribution in [0.25, 0.3) is 0 Å². The van der Waals surface area contributed by atoms with Gasteiger partial charge in [0.2, 0.25) is 0 Å². The first-order valence-corrected chi connectivity index (χ1v) is 9.46. The van der Waals surface area contributed by atoms with Crippen molar-refractivity contribution in [2.24, 2.45) is 0 Å². The molecule has 1 saturated heterocycles. The van der Waals surface area contributed by atoms with Crippen LogP contribution >= 0.6 is 11.3 Å². The van der Waals surface area contributed by atoms with Crippen molar-refractivity contribution in [2.45, 2.75) is 45.2 Å². The molecule has 0 bridgehead atoms. The average Bonchev–Trinajstić information content (AvgIpc) is 2.95. The Kier molecular flexibility index (Phi) is 5.93. The lowest BCUT2D eigenvalue weighted by atomic mass is 10.1. The summed E-state index contributed by atoms with van der Waals surface area (Å²) in [4.78, 5) is 24.6. The molecule has 1 N–H and O–H groups in total. The molecule has 1 aliphatic rings. The predicted molar refractivity (Wildman–Crippen MR) is 96.1 cm³/mol. The van der Waals surface area contributed by atoms with Crippen molar-refractivity contribution >= 4 is 17.2 Å². The summed E-state index contributed by atoms with van der Waals surface area (Å²) in [5.41, 5.74) is 0.934. The Balaban J connectivity index is 1.83. The first-order chi connectivity index (χ1) is 11.8. The van der Waals surface area contributed by atoms with Crippen molar-refractivity contribution in [3.8, 4) is 0 Å². The number of aryl methyl sites for hydroxylation is 1. The van der Waals surface area contributed by atoms with E-state index in [0.29, 0.717) is 6.54 Å². The summed E-state index contributed by atoms with van der Waals surface area (Å²) in [7, 11) is 0. The van der Waals surface area contributed by atoms with E-state index in [4.69, 9.17) is 0 Å². The van der Waals surface area contributed by atoms with E-state index in [2.05, 4.69) is 22.2 Å². The lowest BCUT2D eigenvalue weighted by molar-refractivity contribution is 0.0647. The highest BCUT2D eigenvalue weighted by molar-refractivity contribution is 7.13. The Morgan fingerprint density at radius 2 is 2.25 bits per heavy atom. The zero-order valence-corrected chi connectivity index (χ0v) is 14.9. The van der Waals surface area contributed by atoms with Crippen LogP contribution in [-0.4, -0.2) is 39.9 Å². The number of hydrogen-bond donors (Lipinski definition) is 1. The van der Waals surface area contributed by atoms with Crippen molar-refractivity contribution < 1.29 is 4.79 Å². The molecule has 5 nitrogen and oxygen atoms in total. The van der Waals surface area contributed by atoms with Gasteiger partial charge in [0.05, 0.1) is 23.4 Å². The van der Waals surface area contributed by atoms with Crippen LogP contribution in [0, 0.1) is 0 Å². The van der Waals surface area contributed by atoms with Crippen molar-refractivity contribution in [3.05, 3.63) is 46.2 Å². The number of rotatable bonds is 5. The van der Waals surface area contributed by atoms with E-state index < -0.39 is 0 Å². The van der Waals surface area contributed by atoms with Gasteiger partial charge in [-0.05, 0) is 50.9 Å². The highest BCUT2D eigenvalue weighted by Gasteiger charge is 2.27. The molecule has 1 aliphatic heterocycles. The quantitative estimate of drug-likeness (QED) is 0.906. The SMILES string of the molecule is CCc1ncc(C(=O)N(Cc2ccccn2)[C@H]2CCCNCC2)s1. The number of nitrogens with zero attached hydrogens (tertiary/aromatic N) is 3. The molecule has 0 radical (unpaired) electrons. The molecule has 128 valence electrons. The van der Waals surface area contributed by atoms with Crippen LogP contribution in [0.4, 0.5) is 0 Å². The fourth-order valence-electron chi connectivity index (χ4n) is 3.06. The van der Waals surface area contributed by atoms with Gasteiger partial charge in [-0.2, -0.15) is 0 Å². The second-order valence-corrected chi connectivity index (χ2v) is 7.18. The lowest BCUT2D eigenvalue weighted by Crippen LogP contribution is -2.40.